The molecule has 0 aromatic heterocycles. The molecule has 4 heterocycles. The fourth-order valence-electron chi connectivity index (χ4n) is 11.7. The van der Waals surface area contributed by atoms with Gasteiger partial charge in [-0.05, 0) is 124 Å². The van der Waals surface area contributed by atoms with E-state index in [1.54, 1.807) is 32.9 Å². The second kappa shape index (κ2) is 25.7. The number of hydrogen-bond donors (Lipinski definition) is 2. The molecule has 5 aromatic rings. The third-order valence-electron chi connectivity index (χ3n) is 16.3. The molecule has 4 aliphatic heterocycles. The lowest BCUT2D eigenvalue weighted by atomic mass is 9.99. The second-order valence-corrected chi connectivity index (χ2v) is 28.6. The first-order valence-electron chi connectivity index (χ1n) is 28.6. The molecule has 84 heavy (non-hydrogen) atoms. The van der Waals surface area contributed by atoms with Gasteiger partial charge in [0.2, 0.25) is 11.8 Å². The van der Waals surface area contributed by atoms with Gasteiger partial charge >= 0.3 is 0 Å². The monoisotopic (exact) mass is 1200 g/mol. The molecule has 0 radical (unpaired) electrons. The topological polar surface area (TPSA) is 201 Å². The van der Waals surface area contributed by atoms with Crippen molar-refractivity contribution in [3.8, 4) is 17.2 Å². The highest BCUT2D eigenvalue weighted by Gasteiger charge is 2.41. The molecule has 9 rings (SSSR count). The minimum absolute atomic E-state index is 0.0145. The molecule has 0 saturated carbocycles. The van der Waals surface area contributed by atoms with Crippen LogP contribution >= 0.6 is 21.6 Å². The second-order valence-electron chi connectivity index (χ2n) is 23.3. The summed E-state index contributed by atoms with van der Waals surface area (Å²) < 4.78 is 43.0. The van der Waals surface area contributed by atoms with E-state index in [-0.39, 0.29) is 85.0 Å². The third kappa shape index (κ3) is 13.7. The number of nitrogens with one attached hydrogen (secondary N) is 2. The van der Waals surface area contributed by atoms with E-state index in [9.17, 15) is 37.2 Å². The quantitative estimate of drug-likeness (QED) is 0.0436. The molecule has 0 bridgehead atoms. The number of anilines is 5. The van der Waals surface area contributed by atoms with Crippen LogP contribution in [0.4, 0.5) is 28.4 Å². The van der Waals surface area contributed by atoms with Crippen molar-refractivity contribution in [1.29, 1.82) is 0 Å². The van der Waals surface area contributed by atoms with Crippen LogP contribution < -0.4 is 44.4 Å². The summed E-state index contributed by atoms with van der Waals surface area (Å²) in [6.07, 6.45) is 3.46. The van der Waals surface area contributed by atoms with E-state index in [0.717, 1.165) is 52.8 Å². The number of ketones is 2. The zero-order valence-electron chi connectivity index (χ0n) is 49.5. The third-order valence-corrected chi connectivity index (χ3v) is 21.2. The van der Waals surface area contributed by atoms with Crippen LogP contribution in [0.15, 0.2) is 91.0 Å². The average Bonchev–Trinajstić information content (AvgIpc) is 1.79. The van der Waals surface area contributed by atoms with Gasteiger partial charge in [-0.2, -0.15) is 0 Å². The van der Waals surface area contributed by atoms with Gasteiger partial charge in [0.05, 0.1) is 47.7 Å². The Morgan fingerprint density at radius 3 is 1.85 bits per heavy atom. The molecule has 4 amide bonds. The highest BCUT2D eigenvalue weighted by atomic mass is 33.1. The maximum Gasteiger partial charge on any atom is 0.260 e. The fourth-order valence-corrected chi connectivity index (χ4v) is 15.7. The van der Waals surface area contributed by atoms with Crippen LogP contribution in [0.3, 0.4) is 0 Å². The van der Waals surface area contributed by atoms with E-state index in [1.807, 2.05) is 111 Å². The fraction of sp³-hybridized carbons (Fsp3) is 0.438. The first-order valence-corrected chi connectivity index (χ1v) is 32.9. The molecular weight excluding hydrogens is 1120 g/mol. The summed E-state index contributed by atoms with van der Waals surface area (Å²) >= 11 is 0. The Morgan fingerprint density at radius 2 is 1.29 bits per heavy atom. The molecule has 2 N–H and O–H groups in total. The lowest BCUT2D eigenvalue weighted by molar-refractivity contribution is -0.129. The van der Waals surface area contributed by atoms with Crippen molar-refractivity contribution in [2.45, 2.75) is 128 Å². The van der Waals surface area contributed by atoms with Crippen LogP contribution in [0, 0.1) is 12.8 Å². The summed E-state index contributed by atoms with van der Waals surface area (Å²) in [7, 11) is 4.97. The van der Waals surface area contributed by atoms with Crippen molar-refractivity contribution < 1.29 is 51.4 Å². The molecule has 17 nitrogen and oxygen atoms in total. The van der Waals surface area contributed by atoms with Gasteiger partial charge < -0.3 is 44.4 Å². The Kier molecular flexibility index (Phi) is 18.8. The first-order chi connectivity index (χ1) is 39.9. The number of sulfone groups is 1. The number of para-hydroxylation sites is 2. The zero-order valence-corrected chi connectivity index (χ0v) is 52.0. The number of carbonyl (C=O) groups excluding carboxylic acids is 6. The molecule has 446 valence electrons. The SMILES string of the molecule is CCC(=O)C(CCSSC(C)(C)CCC(=O)N[C@@H](C)C(=O)C[C@H](C)C(=O)Nc1cc(COc2cc3c(cc2C)C(=O)N2c4ccccc4C[C@H]2CN3C)cc(COc2cc3c(cc2OC)C(=O)N2c4ccccc4C[C@H]2CN3C)c1)S(C)(=O)=O. The Hall–Kier alpha value is -7.03. The van der Waals surface area contributed by atoms with E-state index in [4.69, 9.17) is 14.2 Å². The van der Waals surface area contributed by atoms with Crippen molar-refractivity contribution in [2.24, 2.45) is 5.92 Å². The highest BCUT2D eigenvalue weighted by Crippen LogP contribution is 2.44. The predicted octanol–water partition coefficient (Wildman–Crippen LogP) is 9.97. The summed E-state index contributed by atoms with van der Waals surface area (Å²) in [6.45, 7) is 12.2. The smallest absolute Gasteiger partial charge is 0.260 e. The number of aryl methyl sites for hydroxylation is 1. The number of nitrogens with zero attached hydrogens (tertiary/aromatic N) is 4. The number of rotatable bonds is 24. The van der Waals surface area contributed by atoms with Crippen LogP contribution in [0.2, 0.25) is 0 Å². The van der Waals surface area contributed by atoms with E-state index in [1.165, 1.54) is 28.7 Å². The van der Waals surface area contributed by atoms with Gasteiger partial charge in [0.1, 0.15) is 24.2 Å². The van der Waals surface area contributed by atoms with Crippen molar-refractivity contribution in [1.82, 2.24) is 5.32 Å². The van der Waals surface area contributed by atoms with E-state index in [0.29, 0.717) is 76.1 Å². The molecule has 20 heteroatoms. The minimum atomic E-state index is -3.51. The van der Waals surface area contributed by atoms with Gasteiger partial charge in [0.15, 0.2) is 32.9 Å². The minimum Gasteiger partial charge on any atom is -0.493 e. The first kappa shape index (κ1) is 61.5. The van der Waals surface area contributed by atoms with Crippen molar-refractivity contribution in [3.05, 3.63) is 130 Å². The van der Waals surface area contributed by atoms with Gasteiger partial charge in [-0.1, -0.05) is 71.8 Å². The number of likely N-dealkylation sites (N-methyl/N-ethyl adjacent to an activating group) is 2. The van der Waals surface area contributed by atoms with Gasteiger partial charge in [-0.15, -0.1) is 0 Å². The maximum absolute atomic E-state index is 14.3. The van der Waals surface area contributed by atoms with E-state index < -0.39 is 33.0 Å². The van der Waals surface area contributed by atoms with Crippen LogP contribution in [0.25, 0.3) is 0 Å². The Labute approximate surface area is 501 Å². The van der Waals surface area contributed by atoms with Crippen molar-refractivity contribution in [2.75, 3.05) is 71.2 Å². The summed E-state index contributed by atoms with van der Waals surface area (Å²) in [6, 6.07) is 28.1. The largest absolute Gasteiger partial charge is 0.493 e. The highest BCUT2D eigenvalue weighted by molar-refractivity contribution is 8.77. The molecule has 0 fully saturated rings. The number of benzene rings is 5. The number of fused-ring (bicyclic) bond motifs is 8. The molecule has 5 atom stereocenters. The number of amides is 4. The predicted molar refractivity (Wildman–Crippen MR) is 334 cm³/mol. The van der Waals surface area contributed by atoms with Crippen molar-refractivity contribution in [3.63, 3.8) is 0 Å². The molecule has 0 spiro atoms. The average molecular weight is 1200 g/mol. The molecule has 5 aromatic carbocycles. The summed E-state index contributed by atoms with van der Waals surface area (Å²) in [5, 5.41) is 4.80. The molecule has 4 aliphatic rings. The lowest BCUT2D eigenvalue weighted by Gasteiger charge is -2.25. The number of ether oxygens (including phenoxy) is 3. The van der Waals surface area contributed by atoms with Crippen LogP contribution in [0.5, 0.6) is 17.2 Å². The number of methoxy groups -OCH3 is 1. The zero-order chi connectivity index (χ0) is 60.4. The van der Waals surface area contributed by atoms with E-state index in [2.05, 4.69) is 32.6 Å². The number of hydrogen-bond acceptors (Lipinski definition) is 15. The number of carbonyl (C=O) groups is 6. The van der Waals surface area contributed by atoms with Crippen LogP contribution in [-0.2, 0) is 55.1 Å². The molecular formula is C64H76N6O11S3. The Morgan fingerprint density at radius 1 is 0.738 bits per heavy atom. The summed E-state index contributed by atoms with van der Waals surface area (Å²) in [5.74, 6) is -0.428. The van der Waals surface area contributed by atoms with Crippen LogP contribution in [-0.4, -0.2) is 118 Å². The standard InChI is InChI=1S/C64H76N6O11S3/c1-11-54(71)59(84(10,77)78)21-23-82-83-64(5,6)22-20-60(73)65-40(4)55(72)25-39(3)61(74)66-45-27-41(36-80-56-32-52-48(24-38(56)2)62(75)69-46(34-67(52)7)29-43-16-12-14-18-50(43)69)26-42(28-45)37-81-58-33-53-49(31-57(58)79-9)63(76)70-47(35-68(53)8)30-44-17-13-15-19-51(44)70/h12-19,24,26-28,31-33,39-40,46-47,59H,11,20-23,25,29-30,34-37H2,1-10H3,(H,65,73)(H,66,74)/t39-,40-,46-,47-,59?/m0/s1. The lowest BCUT2D eigenvalue weighted by Crippen LogP contribution is -2.41. The Bertz CT molecular complexity index is 3500. The molecule has 1 unspecified atom stereocenters. The van der Waals surface area contributed by atoms with E-state index >= 15 is 0 Å². The van der Waals surface area contributed by atoms with Gasteiger partial charge in [-0.3, -0.25) is 28.8 Å². The van der Waals surface area contributed by atoms with Crippen LogP contribution in [0.1, 0.15) is 115 Å². The summed E-state index contributed by atoms with van der Waals surface area (Å²) in [5.41, 5.74) is 9.31. The Balaban J connectivity index is 0.883. The number of Topliss-reactive ketones (excluding diaryl/α,β-unsaturated/α-hetero) is 2. The van der Waals surface area contributed by atoms with Gasteiger partial charge in [-0.25, -0.2) is 8.42 Å². The van der Waals surface area contributed by atoms with Crippen molar-refractivity contribution >= 4 is 95.1 Å². The molecule has 0 aliphatic carbocycles. The normalized spacial score (nSPS) is 17.3. The van der Waals surface area contributed by atoms with Gasteiger partial charge in [0, 0.05) is 98.3 Å². The maximum atomic E-state index is 14.3. The summed E-state index contributed by atoms with van der Waals surface area (Å²) in [4.78, 5) is 89.6. The van der Waals surface area contributed by atoms with Gasteiger partial charge in [0.25, 0.3) is 11.8 Å². The molecule has 0 saturated heterocycles.